The van der Waals surface area contributed by atoms with Crippen molar-refractivity contribution in [2.75, 3.05) is 13.1 Å². The molecule has 0 radical (unpaired) electrons. The minimum atomic E-state index is -0.723. The van der Waals surface area contributed by atoms with E-state index in [0.29, 0.717) is 42.4 Å². The van der Waals surface area contributed by atoms with Crippen LogP contribution in [0.25, 0.3) is 11.0 Å². The van der Waals surface area contributed by atoms with Gasteiger partial charge in [-0.15, -0.1) is 0 Å². The zero-order chi connectivity index (χ0) is 24.4. The number of likely N-dealkylation sites (tertiary alicyclic amines) is 1. The van der Waals surface area contributed by atoms with Crippen molar-refractivity contribution in [1.82, 2.24) is 19.4 Å². The Balaban J connectivity index is 1.37. The monoisotopic (exact) mass is 464 g/mol. The quantitative estimate of drug-likeness (QED) is 0.512. The number of fused-ring (bicyclic) bond motifs is 2. The number of piperidine rings is 2. The van der Waals surface area contributed by atoms with Gasteiger partial charge in [0.05, 0.1) is 16.6 Å². The minimum Gasteiger partial charge on any atom is -0.444 e. The van der Waals surface area contributed by atoms with E-state index in [1.54, 1.807) is 18.0 Å². The van der Waals surface area contributed by atoms with Crippen LogP contribution < -0.4 is 11.0 Å². The van der Waals surface area contributed by atoms with E-state index < -0.39 is 17.6 Å². The number of nitrogens with one attached hydrogen (secondary N) is 1. The van der Waals surface area contributed by atoms with Gasteiger partial charge in [-0.25, -0.2) is 9.59 Å². The summed E-state index contributed by atoms with van der Waals surface area (Å²) in [6, 6.07) is 4.77. The summed E-state index contributed by atoms with van der Waals surface area (Å²) in [7, 11) is 1.67. The Kier molecular flexibility index (Phi) is 5.08. The average Bonchev–Trinajstić information content (AvgIpc) is 3.08. The summed E-state index contributed by atoms with van der Waals surface area (Å²) in [5.41, 5.74) is 1.20. The molecule has 5 rings (SSSR count). The molecule has 4 atom stereocenters. The molecule has 0 bridgehead atoms. The molecule has 1 saturated carbocycles. The third kappa shape index (κ3) is 3.77. The fraction of sp³-hybridized carbons (Fsp3) is 0.520. The van der Waals surface area contributed by atoms with Crippen molar-refractivity contribution in [3.05, 3.63) is 34.2 Å². The Morgan fingerprint density at radius 2 is 1.85 bits per heavy atom. The third-order valence-electron chi connectivity index (χ3n) is 6.84. The maximum atomic E-state index is 13.0. The van der Waals surface area contributed by atoms with Crippen LogP contribution in [-0.2, 0) is 21.4 Å². The van der Waals surface area contributed by atoms with Crippen LogP contribution in [0, 0.1) is 29.6 Å². The second-order valence-electron chi connectivity index (χ2n) is 10.4. The number of imide groups is 1. The number of carbonyl (C=O) groups is 3. The first-order valence-electron chi connectivity index (χ1n) is 11.6. The molecule has 1 N–H and O–H groups in total. The maximum Gasteiger partial charge on any atom is 0.410 e. The first-order valence-corrected chi connectivity index (χ1v) is 11.6. The van der Waals surface area contributed by atoms with Crippen molar-refractivity contribution in [3.63, 3.8) is 0 Å². The van der Waals surface area contributed by atoms with Crippen molar-refractivity contribution >= 4 is 28.9 Å². The Bertz CT molecular complexity index is 1320. The van der Waals surface area contributed by atoms with Gasteiger partial charge in [0.25, 0.3) is 0 Å². The maximum absolute atomic E-state index is 13.0. The Hall–Kier alpha value is -3.54. The molecule has 2 unspecified atom stereocenters. The van der Waals surface area contributed by atoms with Gasteiger partial charge in [0.2, 0.25) is 11.8 Å². The lowest BCUT2D eigenvalue weighted by Gasteiger charge is -2.25. The molecule has 3 amide bonds. The van der Waals surface area contributed by atoms with Crippen LogP contribution in [0.1, 0.15) is 45.2 Å². The zero-order valence-corrected chi connectivity index (χ0v) is 19.8. The van der Waals surface area contributed by atoms with E-state index in [1.165, 1.54) is 9.13 Å². The number of rotatable bonds is 1. The molecule has 34 heavy (non-hydrogen) atoms. The van der Waals surface area contributed by atoms with E-state index in [1.807, 2.05) is 32.9 Å². The van der Waals surface area contributed by atoms with Gasteiger partial charge in [-0.1, -0.05) is 17.9 Å². The van der Waals surface area contributed by atoms with E-state index in [2.05, 4.69) is 17.2 Å². The normalized spacial score (nSPS) is 26.1. The Morgan fingerprint density at radius 1 is 1.15 bits per heavy atom. The lowest BCUT2D eigenvalue weighted by atomic mass is 10.1. The molecule has 3 fully saturated rings. The standard InChI is InChI=1S/C25H28N4O5/c1-25(2,3)34-24(33)28-12-16-15(17(16)13-28)9-8-14-6-5-7-18-21(14)27(4)23(32)29(18)19-10-11-20(30)26-22(19)31/h5-7,15-17,19H,10-13H2,1-4H3,(H,26,30,31)/t15?,16-,17+,19?. The number of ether oxygens (including phenoxy) is 1. The van der Waals surface area contributed by atoms with Crippen LogP contribution in [0.4, 0.5) is 4.79 Å². The molecule has 0 spiro atoms. The summed E-state index contributed by atoms with van der Waals surface area (Å²) in [6.07, 6.45) is 0.212. The molecular formula is C25H28N4O5. The molecular weight excluding hydrogens is 436 g/mol. The van der Waals surface area contributed by atoms with Crippen molar-refractivity contribution < 1.29 is 19.1 Å². The SMILES string of the molecule is Cn1c(=O)n(C2CCC(=O)NC2=O)c2cccc(C#CC3[C@H]4CN(C(=O)OC(C)(C)C)C[C@@H]34)c21. The van der Waals surface area contributed by atoms with Gasteiger partial charge in [-0.2, -0.15) is 0 Å². The van der Waals surface area contributed by atoms with E-state index >= 15 is 0 Å². The van der Waals surface area contributed by atoms with Crippen molar-refractivity contribution in [1.29, 1.82) is 0 Å². The number of para-hydroxylation sites is 1. The van der Waals surface area contributed by atoms with Crippen molar-refractivity contribution in [2.45, 2.75) is 45.3 Å². The van der Waals surface area contributed by atoms with Crippen LogP contribution in [-0.4, -0.2) is 50.6 Å². The van der Waals surface area contributed by atoms with E-state index in [9.17, 15) is 19.2 Å². The fourth-order valence-electron chi connectivity index (χ4n) is 5.15. The predicted molar refractivity (Wildman–Crippen MR) is 124 cm³/mol. The highest BCUT2D eigenvalue weighted by atomic mass is 16.6. The number of aromatic nitrogens is 2. The molecule has 1 aliphatic carbocycles. The summed E-state index contributed by atoms with van der Waals surface area (Å²) in [6.45, 7) is 6.87. The fourth-order valence-corrected chi connectivity index (χ4v) is 5.15. The molecule has 2 aromatic rings. The highest BCUT2D eigenvalue weighted by Crippen LogP contribution is 2.51. The molecule has 1 aromatic heterocycles. The lowest BCUT2D eigenvalue weighted by molar-refractivity contribution is -0.135. The number of benzene rings is 1. The summed E-state index contributed by atoms with van der Waals surface area (Å²) >= 11 is 0. The van der Waals surface area contributed by atoms with Gasteiger partial charge < -0.3 is 9.64 Å². The number of hydrogen-bond acceptors (Lipinski definition) is 5. The molecule has 9 heteroatoms. The number of amides is 3. The van der Waals surface area contributed by atoms with Gasteiger partial charge in [0.15, 0.2) is 0 Å². The minimum absolute atomic E-state index is 0.198. The van der Waals surface area contributed by atoms with E-state index in [4.69, 9.17) is 4.74 Å². The molecule has 9 nitrogen and oxygen atoms in total. The van der Waals surface area contributed by atoms with Gasteiger partial charge in [-0.05, 0) is 51.2 Å². The number of aryl methyl sites for hydroxylation is 1. The van der Waals surface area contributed by atoms with Gasteiger partial charge in [0.1, 0.15) is 11.6 Å². The average molecular weight is 465 g/mol. The van der Waals surface area contributed by atoms with Crippen LogP contribution >= 0.6 is 0 Å². The van der Waals surface area contributed by atoms with Gasteiger partial charge in [-0.3, -0.25) is 24.0 Å². The Labute approximate surface area is 197 Å². The third-order valence-corrected chi connectivity index (χ3v) is 6.84. The first kappa shape index (κ1) is 22.3. The summed E-state index contributed by atoms with van der Waals surface area (Å²) in [4.78, 5) is 51.0. The Morgan fingerprint density at radius 3 is 2.50 bits per heavy atom. The first-order chi connectivity index (χ1) is 16.0. The van der Waals surface area contributed by atoms with Gasteiger partial charge >= 0.3 is 11.8 Å². The number of imidazole rings is 1. The van der Waals surface area contributed by atoms with Crippen LogP contribution in [0.15, 0.2) is 23.0 Å². The van der Waals surface area contributed by atoms with Crippen molar-refractivity contribution in [3.8, 4) is 11.8 Å². The predicted octanol–water partition coefficient (Wildman–Crippen LogP) is 1.78. The highest BCUT2D eigenvalue weighted by Gasteiger charge is 2.56. The van der Waals surface area contributed by atoms with E-state index in [-0.39, 0.29) is 30.0 Å². The largest absolute Gasteiger partial charge is 0.444 e. The number of carbonyl (C=O) groups excluding carboxylic acids is 3. The van der Waals surface area contributed by atoms with E-state index in [0.717, 1.165) is 5.56 Å². The summed E-state index contributed by atoms with van der Waals surface area (Å²) in [5, 5.41) is 2.33. The van der Waals surface area contributed by atoms with Crippen LogP contribution in [0.3, 0.4) is 0 Å². The molecule has 3 aliphatic rings. The second kappa shape index (κ2) is 7.76. The van der Waals surface area contributed by atoms with Crippen LogP contribution in [0.5, 0.6) is 0 Å². The summed E-state index contributed by atoms with van der Waals surface area (Å²) in [5.74, 6) is 6.72. The molecule has 2 aliphatic heterocycles. The number of nitrogens with zero attached hydrogens (tertiary/aromatic N) is 3. The molecule has 2 saturated heterocycles. The second-order valence-corrected chi connectivity index (χ2v) is 10.4. The van der Waals surface area contributed by atoms with Crippen LogP contribution in [0.2, 0.25) is 0 Å². The topological polar surface area (TPSA) is 103 Å². The lowest BCUT2D eigenvalue weighted by Crippen LogP contribution is -2.44. The molecule has 1 aromatic carbocycles. The zero-order valence-electron chi connectivity index (χ0n) is 19.8. The van der Waals surface area contributed by atoms with Crippen molar-refractivity contribution in [2.24, 2.45) is 24.8 Å². The summed E-state index contributed by atoms with van der Waals surface area (Å²) < 4.78 is 8.44. The highest BCUT2D eigenvalue weighted by molar-refractivity contribution is 6.00. The number of hydrogen-bond donors (Lipinski definition) is 1. The molecule has 178 valence electrons. The van der Waals surface area contributed by atoms with Gasteiger partial charge in [0, 0.05) is 32.5 Å². The smallest absolute Gasteiger partial charge is 0.410 e. The molecule has 3 heterocycles.